The molecule has 1 aliphatic heterocycles. The van der Waals surface area contributed by atoms with Crippen LogP contribution in [0.15, 0.2) is 49.0 Å². The van der Waals surface area contributed by atoms with Gasteiger partial charge in [-0.2, -0.15) is 4.98 Å². The second kappa shape index (κ2) is 11.4. The molecular formula is C29H36N8O2. The summed E-state index contributed by atoms with van der Waals surface area (Å²) in [5.74, 6) is 0.766. The number of likely N-dealkylation sites (N-methyl/N-ethyl adjacent to an activating group) is 1. The first-order valence-electron chi connectivity index (χ1n) is 13.6. The summed E-state index contributed by atoms with van der Waals surface area (Å²) < 4.78 is 2.11. The Bertz CT molecular complexity index is 1390. The summed E-state index contributed by atoms with van der Waals surface area (Å²) in [6.07, 6.45) is 9.59. The number of nitrogens with one attached hydrogen (secondary N) is 1. The molecule has 5 rings (SSSR count). The van der Waals surface area contributed by atoms with Crippen LogP contribution in [0.3, 0.4) is 0 Å². The smallest absolute Gasteiger partial charge is 0.270 e. The predicted molar refractivity (Wildman–Crippen MR) is 151 cm³/mol. The Kier molecular flexibility index (Phi) is 7.77. The van der Waals surface area contributed by atoms with E-state index < -0.39 is 0 Å². The van der Waals surface area contributed by atoms with Crippen LogP contribution in [0.4, 0.5) is 11.8 Å². The molecule has 1 aliphatic carbocycles. The van der Waals surface area contributed by atoms with Crippen LogP contribution in [0.1, 0.15) is 59.5 Å². The number of carbonyl (C=O) groups excluding carboxylic acids is 2. The first-order valence-corrected chi connectivity index (χ1v) is 13.6. The number of pyridine rings is 1. The molecule has 0 unspecified atom stereocenters. The van der Waals surface area contributed by atoms with Gasteiger partial charge in [0.15, 0.2) is 0 Å². The summed E-state index contributed by atoms with van der Waals surface area (Å²) in [7, 11) is 3.54. The van der Waals surface area contributed by atoms with Crippen LogP contribution in [0.5, 0.6) is 0 Å². The van der Waals surface area contributed by atoms with Crippen molar-refractivity contribution < 1.29 is 9.59 Å². The molecule has 4 heterocycles. The van der Waals surface area contributed by atoms with Crippen molar-refractivity contribution in [1.82, 2.24) is 34.2 Å². The zero-order chi connectivity index (χ0) is 27.5. The second-order valence-electron chi connectivity index (χ2n) is 10.4. The molecule has 3 aromatic heterocycles. The zero-order valence-corrected chi connectivity index (χ0v) is 22.9. The van der Waals surface area contributed by atoms with E-state index in [-0.39, 0.29) is 17.9 Å². The standard InChI is InChI=1S/C29H36N8O2/c1-5-7-14-35(6-2)27(38)20-8-11-25(30-18-20)32-29-31-19-21-17-24(28(39)34(3)4)37(26(21)33-29)23-12-15-36(16-13-23)22-9-10-22/h7-8,11,17-19,22-23H,1,6,9-10,12-16H2,2-4H3,(H,30,31,32,33). The summed E-state index contributed by atoms with van der Waals surface area (Å²) in [5, 5.41) is 3.99. The SMILES string of the molecule is C=C=CCN(CC)C(=O)c1ccc(Nc2ncc3cc(C(=O)N(C)C)n(C4CCN(C5CC5)CC4)c3n2)nc1. The highest BCUT2D eigenvalue weighted by Gasteiger charge is 2.34. The lowest BCUT2D eigenvalue weighted by Crippen LogP contribution is -2.37. The highest BCUT2D eigenvalue weighted by Crippen LogP contribution is 2.35. The molecule has 0 spiro atoms. The first kappa shape index (κ1) is 26.6. The van der Waals surface area contributed by atoms with Gasteiger partial charge in [0.1, 0.15) is 17.2 Å². The zero-order valence-electron chi connectivity index (χ0n) is 22.9. The van der Waals surface area contributed by atoms with Gasteiger partial charge in [-0.25, -0.2) is 9.97 Å². The molecule has 2 aliphatic rings. The molecule has 1 N–H and O–H groups in total. The Labute approximate surface area is 229 Å². The Hall–Kier alpha value is -4.01. The van der Waals surface area contributed by atoms with Crippen molar-refractivity contribution in [3.05, 3.63) is 60.2 Å². The Balaban J connectivity index is 1.39. The fourth-order valence-corrected chi connectivity index (χ4v) is 5.20. The van der Waals surface area contributed by atoms with E-state index in [1.807, 2.05) is 13.0 Å². The molecule has 2 fully saturated rings. The van der Waals surface area contributed by atoms with E-state index in [1.165, 1.54) is 12.8 Å². The molecule has 1 saturated heterocycles. The second-order valence-corrected chi connectivity index (χ2v) is 10.4. The number of hydrogen-bond donors (Lipinski definition) is 1. The van der Waals surface area contributed by atoms with Gasteiger partial charge < -0.3 is 24.6 Å². The van der Waals surface area contributed by atoms with E-state index in [4.69, 9.17) is 4.98 Å². The minimum Gasteiger partial charge on any atom is -0.343 e. The fraction of sp³-hybridized carbons (Fsp3) is 0.448. The molecule has 3 aromatic rings. The lowest BCUT2D eigenvalue weighted by molar-refractivity contribution is 0.0780. The molecule has 0 aromatic carbocycles. The number of anilines is 2. The average Bonchev–Trinajstić information content (AvgIpc) is 3.74. The van der Waals surface area contributed by atoms with Crippen LogP contribution in [0, 0.1) is 0 Å². The maximum Gasteiger partial charge on any atom is 0.270 e. The third kappa shape index (κ3) is 5.72. The number of likely N-dealkylation sites (tertiary alicyclic amines) is 1. The molecule has 10 heteroatoms. The van der Waals surface area contributed by atoms with E-state index in [9.17, 15) is 9.59 Å². The maximum atomic E-state index is 13.1. The van der Waals surface area contributed by atoms with Gasteiger partial charge in [0.2, 0.25) is 5.95 Å². The van der Waals surface area contributed by atoms with Crippen molar-refractivity contribution in [3.8, 4) is 0 Å². The summed E-state index contributed by atoms with van der Waals surface area (Å²) in [6.45, 7) is 8.58. The van der Waals surface area contributed by atoms with Crippen LogP contribution in [0.25, 0.3) is 11.0 Å². The van der Waals surface area contributed by atoms with Crippen molar-refractivity contribution in [1.29, 1.82) is 0 Å². The number of amides is 2. The average molecular weight is 529 g/mol. The maximum absolute atomic E-state index is 13.1. The van der Waals surface area contributed by atoms with E-state index in [0.29, 0.717) is 36.1 Å². The van der Waals surface area contributed by atoms with Gasteiger partial charge in [-0.1, -0.05) is 6.58 Å². The van der Waals surface area contributed by atoms with Crippen LogP contribution in [-0.2, 0) is 0 Å². The Morgan fingerprint density at radius 1 is 1.10 bits per heavy atom. The van der Waals surface area contributed by atoms with E-state index in [1.54, 1.807) is 54.5 Å². The quantitative estimate of drug-likeness (QED) is 0.421. The number of fused-ring (bicyclic) bond motifs is 1. The summed E-state index contributed by atoms with van der Waals surface area (Å²) in [4.78, 5) is 45.5. The summed E-state index contributed by atoms with van der Waals surface area (Å²) in [5.41, 5.74) is 4.57. The van der Waals surface area contributed by atoms with Crippen molar-refractivity contribution in [2.75, 3.05) is 45.6 Å². The Morgan fingerprint density at radius 2 is 1.87 bits per heavy atom. The molecule has 204 valence electrons. The van der Waals surface area contributed by atoms with Crippen LogP contribution in [0.2, 0.25) is 0 Å². The molecule has 10 nitrogen and oxygen atoms in total. The lowest BCUT2D eigenvalue weighted by atomic mass is 10.0. The number of aromatic nitrogens is 4. The number of hydrogen-bond acceptors (Lipinski definition) is 7. The van der Waals surface area contributed by atoms with Gasteiger partial charge in [0.25, 0.3) is 11.8 Å². The lowest BCUT2D eigenvalue weighted by Gasteiger charge is -2.33. The van der Waals surface area contributed by atoms with E-state index in [0.717, 1.165) is 43.0 Å². The molecule has 2 amide bonds. The Morgan fingerprint density at radius 3 is 2.49 bits per heavy atom. The third-order valence-corrected chi connectivity index (χ3v) is 7.50. The van der Waals surface area contributed by atoms with Crippen molar-refractivity contribution >= 4 is 34.6 Å². The molecule has 0 atom stereocenters. The minimum absolute atomic E-state index is 0.0428. The van der Waals surface area contributed by atoms with Gasteiger partial charge in [0, 0.05) is 70.1 Å². The van der Waals surface area contributed by atoms with Gasteiger partial charge in [0.05, 0.1) is 5.56 Å². The third-order valence-electron chi connectivity index (χ3n) is 7.50. The van der Waals surface area contributed by atoms with E-state index >= 15 is 0 Å². The first-order chi connectivity index (χ1) is 18.9. The number of nitrogens with zero attached hydrogens (tertiary/aromatic N) is 7. The topological polar surface area (TPSA) is 99.5 Å². The van der Waals surface area contributed by atoms with Crippen LogP contribution < -0.4 is 5.32 Å². The van der Waals surface area contributed by atoms with Gasteiger partial charge in [-0.15, -0.1) is 5.73 Å². The molecule has 1 saturated carbocycles. The monoisotopic (exact) mass is 528 g/mol. The van der Waals surface area contributed by atoms with Crippen molar-refractivity contribution in [2.24, 2.45) is 0 Å². The largest absolute Gasteiger partial charge is 0.343 e. The predicted octanol–water partition coefficient (Wildman–Crippen LogP) is 3.87. The van der Waals surface area contributed by atoms with Crippen LogP contribution in [-0.4, -0.2) is 92.3 Å². The normalized spacial score (nSPS) is 16.1. The van der Waals surface area contributed by atoms with Gasteiger partial charge >= 0.3 is 0 Å². The van der Waals surface area contributed by atoms with Crippen molar-refractivity contribution in [3.63, 3.8) is 0 Å². The highest BCUT2D eigenvalue weighted by atomic mass is 16.2. The molecule has 0 radical (unpaired) electrons. The number of carbonyl (C=O) groups is 2. The molecule has 39 heavy (non-hydrogen) atoms. The summed E-state index contributed by atoms with van der Waals surface area (Å²) >= 11 is 0. The van der Waals surface area contributed by atoms with Crippen molar-refractivity contribution in [2.45, 2.75) is 44.7 Å². The number of piperidine rings is 1. The minimum atomic E-state index is -0.107. The van der Waals surface area contributed by atoms with Gasteiger partial charge in [-0.05, 0) is 56.9 Å². The fourth-order valence-electron chi connectivity index (χ4n) is 5.20. The van der Waals surface area contributed by atoms with Crippen LogP contribution >= 0.6 is 0 Å². The van der Waals surface area contributed by atoms with Gasteiger partial charge in [-0.3, -0.25) is 9.59 Å². The molecule has 0 bridgehead atoms. The van der Waals surface area contributed by atoms with E-state index in [2.05, 4.69) is 37.1 Å². The number of rotatable bonds is 9. The highest BCUT2D eigenvalue weighted by molar-refractivity contribution is 5.98. The summed E-state index contributed by atoms with van der Waals surface area (Å²) in [6, 6.07) is 6.32. The molecular weight excluding hydrogens is 492 g/mol.